The third kappa shape index (κ3) is 4.16. The van der Waals surface area contributed by atoms with E-state index in [2.05, 4.69) is 16.0 Å². The monoisotopic (exact) mass is 293 g/mol. The van der Waals surface area contributed by atoms with Gasteiger partial charge in [-0.1, -0.05) is 0 Å². The molecule has 1 aliphatic heterocycles. The van der Waals surface area contributed by atoms with E-state index in [9.17, 15) is 19.2 Å². The van der Waals surface area contributed by atoms with Crippen molar-refractivity contribution in [3.8, 4) is 0 Å². The lowest BCUT2D eigenvalue weighted by Crippen LogP contribution is -2.52. The van der Waals surface area contributed by atoms with Gasteiger partial charge in [0.15, 0.2) is 5.76 Å². The summed E-state index contributed by atoms with van der Waals surface area (Å²) in [7, 11) is 0. The normalized spacial score (nSPS) is 18.0. The smallest absolute Gasteiger partial charge is 0.286 e. The molecule has 1 unspecified atom stereocenters. The highest BCUT2D eigenvalue weighted by molar-refractivity contribution is 6.01. The van der Waals surface area contributed by atoms with Crippen LogP contribution in [0.1, 0.15) is 29.8 Å². The Balaban J connectivity index is 1.69. The first kappa shape index (κ1) is 14.8. The molecule has 0 spiro atoms. The molecule has 0 radical (unpaired) electrons. The van der Waals surface area contributed by atoms with Gasteiger partial charge in [0.25, 0.3) is 5.91 Å². The van der Waals surface area contributed by atoms with Crippen LogP contribution in [-0.2, 0) is 14.4 Å². The van der Waals surface area contributed by atoms with Crippen molar-refractivity contribution in [3.05, 3.63) is 24.2 Å². The maximum Gasteiger partial charge on any atom is 0.286 e. The van der Waals surface area contributed by atoms with Crippen LogP contribution in [0.3, 0.4) is 0 Å². The highest BCUT2D eigenvalue weighted by atomic mass is 16.3. The van der Waals surface area contributed by atoms with Crippen LogP contribution >= 0.6 is 0 Å². The molecule has 1 aliphatic rings. The number of piperidine rings is 1. The molecule has 2 rings (SSSR count). The van der Waals surface area contributed by atoms with Crippen LogP contribution in [0.2, 0.25) is 0 Å². The van der Waals surface area contributed by atoms with Crippen molar-refractivity contribution < 1.29 is 23.6 Å². The molecular weight excluding hydrogens is 278 g/mol. The van der Waals surface area contributed by atoms with Crippen molar-refractivity contribution in [2.24, 2.45) is 0 Å². The first-order chi connectivity index (χ1) is 10.1. The Kier molecular flexibility index (Phi) is 4.70. The van der Waals surface area contributed by atoms with E-state index < -0.39 is 17.9 Å². The standard InChI is InChI=1S/C13H15N3O5/c17-10-4-3-8(12(19)16-10)15-11(18)5-6-14-13(20)9-2-1-7-21-9/h1-2,7-8H,3-6H2,(H,14,20)(H,15,18)(H,16,17,19). The van der Waals surface area contributed by atoms with Crippen molar-refractivity contribution in [2.45, 2.75) is 25.3 Å². The number of imide groups is 1. The predicted octanol–water partition coefficient (Wildman–Crippen LogP) is -0.679. The largest absolute Gasteiger partial charge is 0.459 e. The molecule has 4 amide bonds. The number of hydrogen-bond acceptors (Lipinski definition) is 5. The first-order valence-electron chi connectivity index (χ1n) is 6.51. The fraction of sp³-hybridized carbons (Fsp3) is 0.385. The van der Waals surface area contributed by atoms with Crippen molar-refractivity contribution in [2.75, 3.05) is 6.54 Å². The maximum absolute atomic E-state index is 11.7. The van der Waals surface area contributed by atoms with Crippen molar-refractivity contribution in [1.82, 2.24) is 16.0 Å². The van der Waals surface area contributed by atoms with Crippen LogP contribution in [-0.4, -0.2) is 36.2 Å². The Bertz CT molecular complexity index is 552. The number of furan rings is 1. The molecule has 0 saturated carbocycles. The first-order valence-corrected chi connectivity index (χ1v) is 6.51. The number of rotatable bonds is 5. The summed E-state index contributed by atoms with van der Waals surface area (Å²) in [6.07, 6.45) is 1.90. The van der Waals surface area contributed by atoms with Gasteiger partial charge in [-0.25, -0.2) is 0 Å². The summed E-state index contributed by atoms with van der Waals surface area (Å²) >= 11 is 0. The van der Waals surface area contributed by atoms with Crippen LogP contribution in [0.15, 0.2) is 22.8 Å². The summed E-state index contributed by atoms with van der Waals surface area (Å²) in [5.41, 5.74) is 0. The van der Waals surface area contributed by atoms with Crippen LogP contribution in [0, 0.1) is 0 Å². The predicted molar refractivity (Wildman–Crippen MR) is 70.0 cm³/mol. The van der Waals surface area contributed by atoms with E-state index in [1.54, 1.807) is 6.07 Å². The Morgan fingerprint density at radius 2 is 2.19 bits per heavy atom. The molecule has 8 heteroatoms. The summed E-state index contributed by atoms with van der Waals surface area (Å²) in [6, 6.07) is 2.40. The summed E-state index contributed by atoms with van der Waals surface area (Å²) in [5.74, 6) is -1.45. The fourth-order valence-electron chi connectivity index (χ4n) is 1.88. The van der Waals surface area contributed by atoms with E-state index in [-0.39, 0.29) is 43.4 Å². The van der Waals surface area contributed by atoms with E-state index in [1.165, 1.54) is 12.3 Å². The van der Waals surface area contributed by atoms with Gasteiger partial charge in [-0.2, -0.15) is 0 Å². The second kappa shape index (κ2) is 6.69. The molecule has 21 heavy (non-hydrogen) atoms. The van der Waals surface area contributed by atoms with Gasteiger partial charge < -0.3 is 15.1 Å². The zero-order valence-corrected chi connectivity index (χ0v) is 11.2. The molecule has 2 heterocycles. The Hall–Kier alpha value is -2.64. The minimum atomic E-state index is -0.698. The van der Waals surface area contributed by atoms with Crippen molar-refractivity contribution >= 4 is 23.6 Å². The van der Waals surface area contributed by atoms with Crippen LogP contribution in [0.25, 0.3) is 0 Å². The summed E-state index contributed by atoms with van der Waals surface area (Å²) < 4.78 is 4.90. The van der Waals surface area contributed by atoms with E-state index in [4.69, 9.17) is 4.42 Å². The van der Waals surface area contributed by atoms with Crippen LogP contribution in [0.4, 0.5) is 0 Å². The number of nitrogens with one attached hydrogen (secondary N) is 3. The molecular formula is C13H15N3O5. The van der Waals surface area contributed by atoms with E-state index in [1.807, 2.05) is 0 Å². The van der Waals surface area contributed by atoms with Gasteiger partial charge >= 0.3 is 0 Å². The van der Waals surface area contributed by atoms with Crippen LogP contribution < -0.4 is 16.0 Å². The third-order valence-electron chi connectivity index (χ3n) is 2.96. The van der Waals surface area contributed by atoms with Gasteiger partial charge in [-0.05, 0) is 18.6 Å². The van der Waals surface area contributed by atoms with E-state index in [0.717, 1.165) is 0 Å². The molecule has 1 atom stereocenters. The SMILES string of the molecule is O=C1CCC(NC(=O)CCNC(=O)c2ccco2)C(=O)N1. The second-order valence-electron chi connectivity index (χ2n) is 4.55. The van der Waals surface area contributed by atoms with Crippen LogP contribution in [0.5, 0.6) is 0 Å². The average Bonchev–Trinajstić information content (AvgIpc) is 2.96. The molecule has 8 nitrogen and oxygen atoms in total. The molecule has 3 N–H and O–H groups in total. The zero-order valence-electron chi connectivity index (χ0n) is 11.2. The summed E-state index contributed by atoms with van der Waals surface area (Å²) in [6.45, 7) is 0.124. The van der Waals surface area contributed by atoms with Gasteiger partial charge in [0.1, 0.15) is 6.04 Å². The quantitative estimate of drug-likeness (QED) is 0.622. The molecule has 1 aromatic rings. The fourth-order valence-corrected chi connectivity index (χ4v) is 1.88. The Morgan fingerprint density at radius 1 is 1.38 bits per heavy atom. The maximum atomic E-state index is 11.7. The minimum absolute atomic E-state index is 0.0319. The zero-order chi connectivity index (χ0) is 15.2. The van der Waals surface area contributed by atoms with Crippen molar-refractivity contribution in [3.63, 3.8) is 0 Å². The molecule has 0 bridgehead atoms. The van der Waals surface area contributed by atoms with Gasteiger partial charge in [0.2, 0.25) is 17.7 Å². The highest BCUT2D eigenvalue weighted by Gasteiger charge is 2.27. The molecule has 0 aliphatic carbocycles. The number of carbonyl (C=O) groups is 4. The van der Waals surface area contributed by atoms with E-state index >= 15 is 0 Å². The van der Waals surface area contributed by atoms with Gasteiger partial charge in [0, 0.05) is 19.4 Å². The number of carbonyl (C=O) groups excluding carboxylic acids is 4. The molecule has 1 aromatic heterocycles. The van der Waals surface area contributed by atoms with Gasteiger partial charge in [0.05, 0.1) is 6.26 Å². The summed E-state index contributed by atoms with van der Waals surface area (Å²) in [5, 5.41) is 7.20. The van der Waals surface area contributed by atoms with Crippen molar-refractivity contribution in [1.29, 1.82) is 0 Å². The number of hydrogen-bond donors (Lipinski definition) is 3. The van der Waals surface area contributed by atoms with Gasteiger partial charge in [-0.3, -0.25) is 24.5 Å². The van der Waals surface area contributed by atoms with E-state index in [0.29, 0.717) is 0 Å². The lowest BCUT2D eigenvalue weighted by atomic mass is 10.1. The third-order valence-corrected chi connectivity index (χ3v) is 2.96. The molecule has 1 fully saturated rings. The minimum Gasteiger partial charge on any atom is -0.459 e. The average molecular weight is 293 g/mol. The Labute approximate surface area is 120 Å². The van der Waals surface area contributed by atoms with Gasteiger partial charge in [-0.15, -0.1) is 0 Å². The highest BCUT2D eigenvalue weighted by Crippen LogP contribution is 2.04. The summed E-state index contributed by atoms with van der Waals surface area (Å²) in [4.78, 5) is 45.6. The topological polar surface area (TPSA) is 118 Å². The number of amides is 4. The molecule has 0 aromatic carbocycles. The molecule has 1 saturated heterocycles. The molecule has 112 valence electrons. The second-order valence-corrected chi connectivity index (χ2v) is 4.55. The lowest BCUT2D eigenvalue weighted by molar-refractivity contribution is -0.137. The lowest BCUT2D eigenvalue weighted by Gasteiger charge is -2.21. The Morgan fingerprint density at radius 3 is 2.86 bits per heavy atom.